The maximum atomic E-state index is 9.94. The van der Waals surface area contributed by atoms with Crippen LogP contribution in [0.5, 0.6) is 0 Å². The first kappa shape index (κ1) is 16.7. The van der Waals surface area contributed by atoms with Crippen LogP contribution in [0.3, 0.4) is 0 Å². The molecule has 2 nitrogen and oxygen atoms in total. The number of halogens is 2. The minimum absolute atomic E-state index is 0. The zero-order chi connectivity index (χ0) is 12.1. The molecule has 0 saturated heterocycles. The Kier molecular flexibility index (Phi) is 7.80. The second-order valence-electron chi connectivity index (χ2n) is 4.62. The van der Waals surface area contributed by atoms with E-state index in [-0.39, 0.29) is 18.4 Å². The molecule has 1 rings (SSSR count). The summed E-state index contributed by atoms with van der Waals surface area (Å²) in [5, 5.41) is 10.6. The average molecular weight is 278 g/mol. The summed E-state index contributed by atoms with van der Waals surface area (Å²) in [6.07, 6.45) is 1.21. The van der Waals surface area contributed by atoms with Crippen LogP contribution < -0.4 is 5.73 Å². The van der Waals surface area contributed by atoms with E-state index < -0.39 is 6.10 Å². The van der Waals surface area contributed by atoms with Gasteiger partial charge >= 0.3 is 0 Å². The predicted octanol–water partition coefficient (Wildman–Crippen LogP) is 3.56. The van der Waals surface area contributed by atoms with Gasteiger partial charge in [-0.15, -0.1) is 12.4 Å². The van der Waals surface area contributed by atoms with Gasteiger partial charge in [0.2, 0.25) is 0 Å². The van der Waals surface area contributed by atoms with Gasteiger partial charge < -0.3 is 10.8 Å². The van der Waals surface area contributed by atoms with Crippen LogP contribution >= 0.6 is 24.0 Å². The van der Waals surface area contributed by atoms with E-state index >= 15 is 0 Å². The van der Waals surface area contributed by atoms with Crippen molar-refractivity contribution in [1.82, 2.24) is 0 Å². The summed E-state index contributed by atoms with van der Waals surface area (Å²) >= 11 is 5.88. The van der Waals surface area contributed by atoms with Gasteiger partial charge in [-0.2, -0.15) is 0 Å². The first-order valence-electron chi connectivity index (χ1n) is 5.70. The molecule has 0 aromatic heterocycles. The average Bonchev–Trinajstić information content (AvgIpc) is 2.24. The fraction of sp³-hybridized carbons (Fsp3) is 0.538. The molecule has 0 amide bonds. The van der Waals surface area contributed by atoms with Crippen molar-refractivity contribution < 1.29 is 5.11 Å². The molecule has 4 heteroatoms. The molecule has 0 radical (unpaired) electrons. The van der Waals surface area contributed by atoms with E-state index in [2.05, 4.69) is 13.8 Å². The van der Waals surface area contributed by atoms with Crippen molar-refractivity contribution >= 4 is 24.0 Å². The first-order valence-corrected chi connectivity index (χ1v) is 6.07. The van der Waals surface area contributed by atoms with Crippen LogP contribution in [0, 0.1) is 5.92 Å². The summed E-state index contributed by atoms with van der Waals surface area (Å²) in [6.45, 7) is 4.27. The maximum Gasteiger partial charge on any atom is 0.0732 e. The lowest BCUT2D eigenvalue weighted by atomic mass is 9.96. The lowest BCUT2D eigenvalue weighted by Gasteiger charge is -2.20. The van der Waals surface area contributed by atoms with Gasteiger partial charge in [0.1, 0.15) is 0 Å². The molecular formula is C13H21Cl2NO. The fourth-order valence-electron chi connectivity index (χ4n) is 1.62. The Morgan fingerprint density at radius 2 is 1.94 bits per heavy atom. The molecule has 1 aromatic rings. The Balaban J connectivity index is 0.00000256. The summed E-state index contributed by atoms with van der Waals surface area (Å²) in [4.78, 5) is 0. The molecule has 0 fully saturated rings. The first-order chi connectivity index (χ1) is 7.50. The van der Waals surface area contributed by atoms with Crippen LogP contribution in [-0.2, 0) is 0 Å². The maximum absolute atomic E-state index is 9.94. The lowest BCUT2D eigenvalue weighted by Crippen LogP contribution is -2.26. The van der Waals surface area contributed by atoms with E-state index in [1.54, 1.807) is 6.07 Å². The number of hydrogen-bond acceptors (Lipinski definition) is 2. The molecule has 0 bridgehead atoms. The van der Waals surface area contributed by atoms with E-state index in [0.717, 1.165) is 18.4 Å². The van der Waals surface area contributed by atoms with Crippen molar-refractivity contribution in [2.75, 3.05) is 0 Å². The molecule has 1 aromatic carbocycles. The topological polar surface area (TPSA) is 46.2 Å². The van der Waals surface area contributed by atoms with E-state index in [4.69, 9.17) is 17.3 Å². The zero-order valence-electron chi connectivity index (χ0n) is 10.3. The minimum Gasteiger partial charge on any atom is -0.391 e. The standard InChI is InChI=1S/C13H20ClNO.ClH/c1-9(2)6-7-12(16)13(15)10-4-3-5-11(14)8-10;/h3-5,8-9,12-13,16H,6-7,15H2,1-2H3;1H/t12-,13+;/m1./s1. The van der Waals surface area contributed by atoms with Crippen molar-refractivity contribution in [2.24, 2.45) is 11.7 Å². The van der Waals surface area contributed by atoms with Gasteiger partial charge in [-0.1, -0.05) is 37.6 Å². The Bertz CT molecular complexity index is 331. The number of aliphatic hydroxyl groups excluding tert-OH is 1. The summed E-state index contributed by atoms with van der Waals surface area (Å²) in [7, 11) is 0. The highest BCUT2D eigenvalue weighted by molar-refractivity contribution is 6.30. The van der Waals surface area contributed by atoms with Crippen LogP contribution in [0.4, 0.5) is 0 Å². The van der Waals surface area contributed by atoms with Gasteiger partial charge in [0, 0.05) is 5.02 Å². The van der Waals surface area contributed by atoms with Crippen molar-refractivity contribution in [3.05, 3.63) is 34.9 Å². The lowest BCUT2D eigenvalue weighted by molar-refractivity contribution is 0.128. The Morgan fingerprint density at radius 1 is 1.29 bits per heavy atom. The monoisotopic (exact) mass is 277 g/mol. The van der Waals surface area contributed by atoms with Crippen LogP contribution in [0.25, 0.3) is 0 Å². The molecule has 0 aliphatic heterocycles. The van der Waals surface area contributed by atoms with Crippen LogP contribution in [0.2, 0.25) is 5.02 Å². The van der Waals surface area contributed by atoms with Gasteiger partial charge in [-0.05, 0) is 36.5 Å². The fourth-order valence-corrected chi connectivity index (χ4v) is 1.82. The smallest absolute Gasteiger partial charge is 0.0732 e. The molecule has 98 valence electrons. The molecule has 0 aliphatic carbocycles. The number of hydrogen-bond donors (Lipinski definition) is 2. The van der Waals surface area contributed by atoms with Gasteiger partial charge in [0.15, 0.2) is 0 Å². The van der Waals surface area contributed by atoms with Crippen LogP contribution in [0.1, 0.15) is 38.3 Å². The normalized spacial score (nSPS) is 14.2. The molecular weight excluding hydrogens is 257 g/mol. The molecule has 0 aliphatic rings. The van der Waals surface area contributed by atoms with Gasteiger partial charge in [0.25, 0.3) is 0 Å². The Morgan fingerprint density at radius 3 is 2.47 bits per heavy atom. The highest BCUT2D eigenvalue weighted by atomic mass is 35.5. The van der Waals surface area contributed by atoms with Crippen molar-refractivity contribution in [1.29, 1.82) is 0 Å². The minimum atomic E-state index is -0.499. The highest BCUT2D eigenvalue weighted by Crippen LogP contribution is 2.21. The number of aliphatic hydroxyl groups is 1. The molecule has 2 atom stereocenters. The molecule has 0 unspecified atom stereocenters. The van der Waals surface area contributed by atoms with E-state index in [9.17, 15) is 5.11 Å². The van der Waals surface area contributed by atoms with E-state index in [1.165, 1.54) is 0 Å². The number of benzene rings is 1. The largest absolute Gasteiger partial charge is 0.391 e. The summed E-state index contributed by atoms with van der Waals surface area (Å²) in [6, 6.07) is 7.02. The molecule has 17 heavy (non-hydrogen) atoms. The summed E-state index contributed by atoms with van der Waals surface area (Å²) < 4.78 is 0. The third-order valence-corrected chi connectivity index (χ3v) is 2.92. The Labute approximate surface area is 115 Å². The molecule has 0 spiro atoms. The van der Waals surface area contributed by atoms with Crippen molar-refractivity contribution in [3.63, 3.8) is 0 Å². The van der Waals surface area contributed by atoms with Gasteiger partial charge in [0.05, 0.1) is 12.1 Å². The van der Waals surface area contributed by atoms with E-state index in [0.29, 0.717) is 10.9 Å². The highest BCUT2D eigenvalue weighted by Gasteiger charge is 2.17. The summed E-state index contributed by atoms with van der Waals surface area (Å²) in [5.74, 6) is 0.584. The molecule has 0 saturated carbocycles. The van der Waals surface area contributed by atoms with Crippen LogP contribution in [0.15, 0.2) is 24.3 Å². The molecule has 0 heterocycles. The number of nitrogens with two attached hydrogens (primary N) is 1. The second-order valence-corrected chi connectivity index (χ2v) is 5.06. The predicted molar refractivity (Wildman–Crippen MR) is 75.7 cm³/mol. The van der Waals surface area contributed by atoms with Crippen molar-refractivity contribution in [2.45, 2.75) is 38.8 Å². The Hall–Kier alpha value is -0.280. The van der Waals surface area contributed by atoms with Crippen LogP contribution in [-0.4, -0.2) is 11.2 Å². The zero-order valence-corrected chi connectivity index (χ0v) is 11.8. The third kappa shape index (κ3) is 5.73. The molecule has 3 N–H and O–H groups in total. The van der Waals surface area contributed by atoms with Crippen molar-refractivity contribution in [3.8, 4) is 0 Å². The SMILES string of the molecule is CC(C)CC[C@@H](O)[C@@H](N)c1cccc(Cl)c1.Cl. The quantitative estimate of drug-likeness (QED) is 0.865. The summed E-state index contributed by atoms with van der Waals surface area (Å²) in [5.41, 5.74) is 6.88. The third-order valence-electron chi connectivity index (χ3n) is 2.69. The second kappa shape index (κ2) is 7.93. The van der Waals surface area contributed by atoms with E-state index in [1.807, 2.05) is 18.2 Å². The van der Waals surface area contributed by atoms with Gasteiger partial charge in [-0.25, -0.2) is 0 Å². The number of rotatable bonds is 5. The van der Waals surface area contributed by atoms with Gasteiger partial charge in [-0.3, -0.25) is 0 Å².